The van der Waals surface area contributed by atoms with Crippen molar-refractivity contribution in [3.8, 4) is 0 Å². The van der Waals surface area contributed by atoms with Gasteiger partial charge in [-0.2, -0.15) is 0 Å². The van der Waals surface area contributed by atoms with Crippen LogP contribution in [0.4, 0.5) is 5.69 Å². The average molecular weight is 305 g/mol. The Morgan fingerprint density at radius 1 is 1.52 bits per heavy atom. The molecule has 1 saturated carbocycles. The first-order chi connectivity index (χ1) is 10.2. The first-order valence-corrected chi connectivity index (χ1v) is 7.53. The van der Waals surface area contributed by atoms with Gasteiger partial charge in [-0.3, -0.25) is 0 Å². The quantitative estimate of drug-likeness (QED) is 0.666. The van der Waals surface area contributed by atoms with Crippen molar-refractivity contribution < 1.29 is 9.53 Å². The molecule has 110 valence electrons. The summed E-state index contributed by atoms with van der Waals surface area (Å²) in [7, 11) is 0. The van der Waals surface area contributed by atoms with E-state index in [1.54, 1.807) is 29.8 Å². The lowest BCUT2D eigenvalue weighted by Gasteiger charge is -2.10. The van der Waals surface area contributed by atoms with E-state index < -0.39 is 5.97 Å². The molecule has 0 aliphatic heterocycles. The van der Waals surface area contributed by atoms with Gasteiger partial charge >= 0.3 is 5.97 Å². The molecule has 1 heterocycles. The van der Waals surface area contributed by atoms with E-state index in [2.05, 4.69) is 15.5 Å². The summed E-state index contributed by atoms with van der Waals surface area (Å²) in [4.78, 5) is 12.7. The summed E-state index contributed by atoms with van der Waals surface area (Å²) >= 11 is 1.30. The van der Waals surface area contributed by atoms with Gasteiger partial charge in [0.2, 0.25) is 5.16 Å². The molecule has 1 fully saturated rings. The molecular formula is C13H15N5O2S. The van der Waals surface area contributed by atoms with Crippen LogP contribution in [0.15, 0.2) is 28.3 Å². The Hall–Kier alpha value is -2.09. The van der Waals surface area contributed by atoms with Gasteiger partial charge in [0, 0.05) is 5.69 Å². The number of benzene rings is 1. The SMILES string of the molecule is CCOC(=O)c1cccc(N)c1Sc1nnnn1C1CC1. The number of aromatic nitrogens is 4. The van der Waals surface area contributed by atoms with Crippen LogP contribution in [-0.4, -0.2) is 32.8 Å². The summed E-state index contributed by atoms with van der Waals surface area (Å²) in [5.74, 6) is -0.391. The second-order valence-electron chi connectivity index (χ2n) is 4.68. The van der Waals surface area contributed by atoms with Crippen LogP contribution in [0.25, 0.3) is 0 Å². The Morgan fingerprint density at radius 2 is 2.33 bits per heavy atom. The predicted octanol–water partition coefficient (Wildman–Crippen LogP) is 1.92. The van der Waals surface area contributed by atoms with E-state index in [0.29, 0.717) is 34.0 Å². The fourth-order valence-corrected chi connectivity index (χ4v) is 2.92. The highest BCUT2D eigenvalue weighted by Gasteiger charge is 2.29. The molecule has 0 spiro atoms. The number of rotatable bonds is 5. The Balaban J connectivity index is 1.93. The van der Waals surface area contributed by atoms with Crippen LogP contribution < -0.4 is 5.73 Å². The van der Waals surface area contributed by atoms with Gasteiger partial charge in [-0.1, -0.05) is 6.07 Å². The molecule has 0 saturated heterocycles. The van der Waals surface area contributed by atoms with Crippen LogP contribution in [0.2, 0.25) is 0 Å². The van der Waals surface area contributed by atoms with E-state index >= 15 is 0 Å². The summed E-state index contributed by atoms with van der Waals surface area (Å²) in [6, 6.07) is 5.53. The van der Waals surface area contributed by atoms with Crippen LogP contribution >= 0.6 is 11.8 Å². The Kier molecular flexibility index (Phi) is 3.78. The third-order valence-corrected chi connectivity index (χ3v) is 4.20. The molecule has 3 rings (SSSR count). The monoisotopic (exact) mass is 305 g/mol. The zero-order chi connectivity index (χ0) is 14.8. The van der Waals surface area contributed by atoms with Gasteiger partial charge in [0.25, 0.3) is 0 Å². The number of carbonyl (C=O) groups is 1. The van der Waals surface area contributed by atoms with Gasteiger partial charge in [0.15, 0.2) is 0 Å². The molecule has 0 unspecified atom stereocenters. The van der Waals surface area contributed by atoms with Gasteiger partial charge in [-0.05, 0) is 54.1 Å². The fourth-order valence-electron chi connectivity index (χ4n) is 1.93. The van der Waals surface area contributed by atoms with Crippen LogP contribution in [-0.2, 0) is 4.74 Å². The predicted molar refractivity (Wildman–Crippen MR) is 77.0 cm³/mol. The molecule has 0 bridgehead atoms. The summed E-state index contributed by atoms with van der Waals surface area (Å²) in [6.45, 7) is 2.09. The number of nitrogens with two attached hydrogens (primary N) is 1. The van der Waals surface area contributed by atoms with Gasteiger partial charge in [0.1, 0.15) is 0 Å². The van der Waals surface area contributed by atoms with E-state index in [1.165, 1.54) is 11.8 Å². The van der Waals surface area contributed by atoms with Crippen molar-refractivity contribution in [1.82, 2.24) is 20.2 Å². The number of esters is 1. The highest BCUT2D eigenvalue weighted by atomic mass is 32.2. The number of nitrogen functional groups attached to an aromatic ring is 1. The third-order valence-electron chi connectivity index (χ3n) is 3.09. The molecule has 1 aliphatic rings. The van der Waals surface area contributed by atoms with Crippen molar-refractivity contribution in [3.05, 3.63) is 23.8 Å². The van der Waals surface area contributed by atoms with Crippen molar-refractivity contribution in [3.63, 3.8) is 0 Å². The summed E-state index contributed by atoms with van der Waals surface area (Å²) in [6.07, 6.45) is 2.15. The third kappa shape index (κ3) is 2.85. The van der Waals surface area contributed by atoms with Crippen molar-refractivity contribution in [1.29, 1.82) is 0 Å². The maximum Gasteiger partial charge on any atom is 0.339 e. The second kappa shape index (κ2) is 5.72. The molecule has 2 aromatic rings. The van der Waals surface area contributed by atoms with Gasteiger partial charge in [-0.15, -0.1) is 5.10 Å². The maximum atomic E-state index is 12.0. The Labute approximate surface area is 125 Å². The largest absolute Gasteiger partial charge is 0.462 e. The smallest absolute Gasteiger partial charge is 0.339 e. The molecule has 7 nitrogen and oxygen atoms in total. The van der Waals surface area contributed by atoms with Crippen molar-refractivity contribution in [2.45, 2.75) is 35.9 Å². The van der Waals surface area contributed by atoms with Crippen molar-refractivity contribution in [2.24, 2.45) is 0 Å². The first-order valence-electron chi connectivity index (χ1n) is 6.72. The zero-order valence-electron chi connectivity index (χ0n) is 11.5. The van der Waals surface area contributed by atoms with Crippen LogP contribution in [0.3, 0.4) is 0 Å². The molecule has 1 aliphatic carbocycles. The highest BCUT2D eigenvalue weighted by molar-refractivity contribution is 7.99. The molecule has 1 aromatic carbocycles. The first kappa shape index (κ1) is 13.9. The van der Waals surface area contributed by atoms with Crippen LogP contribution in [0.5, 0.6) is 0 Å². The van der Waals surface area contributed by atoms with Gasteiger partial charge in [-0.25, -0.2) is 9.48 Å². The molecule has 21 heavy (non-hydrogen) atoms. The Morgan fingerprint density at radius 3 is 3.05 bits per heavy atom. The second-order valence-corrected chi connectivity index (χ2v) is 5.66. The number of hydrogen-bond donors (Lipinski definition) is 1. The molecule has 0 radical (unpaired) electrons. The number of carbonyl (C=O) groups excluding carboxylic acids is 1. The topological polar surface area (TPSA) is 95.9 Å². The lowest BCUT2D eigenvalue weighted by Crippen LogP contribution is -2.08. The van der Waals surface area contributed by atoms with Crippen LogP contribution in [0.1, 0.15) is 36.2 Å². The number of nitrogens with zero attached hydrogens (tertiary/aromatic N) is 4. The van der Waals surface area contributed by atoms with E-state index in [-0.39, 0.29) is 0 Å². The summed E-state index contributed by atoms with van der Waals surface area (Å²) in [5, 5.41) is 12.4. The average Bonchev–Trinajstić information content (AvgIpc) is 3.21. The number of ether oxygens (including phenoxy) is 1. The molecular weight excluding hydrogens is 290 g/mol. The molecule has 1 aromatic heterocycles. The van der Waals surface area contributed by atoms with E-state index in [0.717, 1.165) is 12.8 Å². The molecule has 8 heteroatoms. The van der Waals surface area contributed by atoms with E-state index in [9.17, 15) is 4.79 Å². The summed E-state index contributed by atoms with van der Waals surface area (Å²) in [5.41, 5.74) is 6.95. The highest BCUT2D eigenvalue weighted by Crippen LogP contribution is 2.40. The minimum absolute atomic E-state index is 0.317. The fraction of sp³-hybridized carbons (Fsp3) is 0.385. The molecule has 0 amide bonds. The van der Waals surface area contributed by atoms with E-state index in [4.69, 9.17) is 10.5 Å². The van der Waals surface area contributed by atoms with Gasteiger partial charge in [0.05, 0.1) is 23.1 Å². The zero-order valence-corrected chi connectivity index (χ0v) is 12.3. The van der Waals surface area contributed by atoms with Crippen molar-refractivity contribution in [2.75, 3.05) is 12.3 Å². The Bertz CT molecular complexity index is 668. The minimum atomic E-state index is -0.391. The minimum Gasteiger partial charge on any atom is -0.462 e. The normalized spacial score (nSPS) is 14.1. The van der Waals surface area contributed by atoms with Gasteiger partial charge < -0.3 is 10.5 Å². The van der Waals surface area contributed by atoms with Crippen LogP contribution in [0, 0.1) is 0 Å². The standard InChI is InChI=1S/C13H15N5O2S/c1-2-20-12(19)9-4-3-5-10(14)11(9)21-13-15-16-17-18(13)8-6-7-8/h3-5,8H,2,6-7,14H2,1H3. The molecule has 2 N–H and O–H groups in total. The van der Waals surface area contributed by atoms with Crippen molar-refractivity contribution >= 4 is 23.4 Å². The number of tetrazole rings is 1. The number of hydrogen-bond acceptors (Lipinski definition) is 7. The lowest BCUT2D eigenvalue weighted by molar-refractivity contribution is 0.0522. The van der Waals surface area contributed by atoms with E-state index in [1.807, 2.05) is 0 Å². The lowest BCUT2D eigenvalue weighted by atomic mass is 10.2. The summed E-state index contributed by atoms with van der Waals surface area (Å²) < 4.78 is 6.85. The maximum absolute atomic E-state index is 12.0. The molecule has 0 atom stereocenters. The number of anilines is 1.